The number of aromatic nitrogens is 2. The molecule has 4 rings (SSSR count). The Bertz CT molecular complexity index is 1120. The number of carbonyl (C=O) groups is 1. The van der Waals surface area contributed by atoms with Crippen molar-refractivity contribution < 1.29 is 4.79 Å². The highest BCUT2D eigenvalue weighted by molar-refractivity contribution is 7.99. The SMILES string of the molecule is Cc1ccc(NC(=O)CSc2nc3sc4c(c3c(=O)[nH]2)CCC(C)C4)c(C)c1. The van der Waals surface area contributed by atoms with Gasteiger partial charge in [-0.15, -0.1) is 11.3 Å². The molecule has 7 heteroatoms. The van der Waals surface area contributed by atoms with Gasteiger partial charge in [0.05, 0.1) is 11.1 Å². The van der Waals surface area contributed by atoms with Crippen LogP contribution in [0.5, 0.6) is 0 Å². The molecule has 2 heterocycles. The average Bonchev–Trinajstić information content (AvgIpc) is 3.00. The van der Waals surface area contributed by atoms with Crippen LogP contribution in [0.1, 0.15) is 34.9 Å². The van der Waals surface area contributed by atoms with Crippen LogP contribution in [0.3, 0.4) is 0 Å². The molecular weight excluding hydrogens is 390 g/mol. The summed E-state index contributed by atoms with van der Waals surface area (Å²) in [4.78, 5) is 34.5. The molecule has 0 spiro atoms. The predicted molar refractivity (Wildman–Crippen MR) is 117 cm³/mol. The number of benzene rings is 1. The van der Waals surface area contributed by atoms with E-state index in [0.717, 1.165) is 46.3 Å². The summed E-state index contributed by atoms with van der Waals surface area (Å²) in [5.74, 6) is 0.741. The van der Waals surface area contributed by atoms with E-state index in [9.17, 15) is 9.59 Å². The number of aryl methyl sites for hydroxylation is 3. The van der Waals surface area contributed by atoms with E-state index >= 15 is 0 Å². The third-order valence-corrected chi connectivity index (χ3v) is 7.16. The van der Waals surface area contributed by atoms with E-state index in [1.54, 1.807) is 11.3 Å². The van der Waals surface area contributed by atoms with Crippen molar-refractivity contribution in [3.63, 3.8) is 0 Å². The molecular formula is C21H23N3O2S2. The largest absolute Gasteiger partial charge is 0.325 e. The monoisotopic (exact) mass is 413 g/mol. The molecule has 1 aliphatic carbocycles. The highest BCUT2D eigenvalue weighted by Gasteiger charge is 2.23. The molecule has 28 heavy (non-hydrogen) atoms. The third-order valence-electron chi connectivity index (χ3n) is 5.14. The van der Waals surface area contributed by atoms with Crippen LogP contribution in [0.25, 0.3) is 10.2 Å². The molecule has 0 radical (unpaired) electrons. The highest BCUT2D eigenvalue weighted by atomic mass is 32.2. The topological polar surface area (TPSA) is 74.8 Å². The fourth-order valence-electron chi connectivity index (χ4n) is 3.67. The summed E-state index contributed by atoms with van der Waals surface area (Å²) in [6.07, 6.45) is 3.09. The summed E-state index contributed by atoms with van der Waals surface area (Å²) >= 11 is 2.89. The average molecular weight is 414 g/mol. The van der Waals surface area contributed by atoms with Crippen LogP contribution in [0, 0.1) is 19.8 Å². The van der Waals surface area contributed by atoms with Gasteiger partial charge in [0.1, 0.15) is 4.83 Å². The molecule has 1 unspecified atom stereocenters. The smallest absolute Gasteiger partial charge is 0.260 e. The van der Waals surface area contributed by atoms with Crippen molar-refractivity contribution in [2.75, 3.05) is 11.1 Å². The van der Waals surface area contributed by atoms with Crippen LogP contribution < -0.4 is 10.9 Å². The van der Waals surface area contributed by atoms with E-state index in [4.69, 9.17) is 0 Å². The first kappa shape index (κ1) is 19.2. The van der Waals surface area contributed by atoms with Gasteiger partial charge in [-0.25, -0.2) is 4.98 Å². The molecule has 0 fully saturated rings. The van der Waals surface area contributed by atoms with E-state index in [-0.39, 0.29) is 17.2 Å². The Morgan fingerprint density at radius 2 is 2.21 bits per heavy atom. The second-order valence-electron chi connectivity index (χ2n) is 7.56. The fraction of sp³-hybridized carbons (Fsp3) is 0.381. The van der Waals surface area contributed by atoms with Gasteiger partial charge in [-0.05, 0) is 56.2 Å². The maximum Gasteiger partial charge on any atom is 0.260 e. The maximum absolute atomic E-state index is 12.6. The van der Waals surface area contributed by atoms with Gasteiger partial charge >= 0.3 is 0 Å². The molecule has 1 amide bonds. The molecule has 1 aliphatic rings. The lowest BCUT2D eigenvalue weighted by molar-refractivity contribution is -0.113. The van der Waals surface area contributed by atoms with Gasteiger partial charge in [-0.1, -0.05) is 36.4 Å². The minimum absolute atomic E-state index is 0.0886. The number of rotatable bonds is 4. The molecule has 1 aromatic carbocycles. The van der Waals surface area contributed by atoms with Crippen LogP contribution >= 0.6 is 23.1 Å². The molecule has 5 nitrogen and oxygen atoms in total. The van der Waals surface area contributed by atoms with Crippen LogP contribution in [0.2, 0.25) is 0 Å². The lowest BCUT2D eigenvalue weighted by Crippen LogP contribution is -2.16. The summed E-state index contributed by atoms with van der Waals surface area (Å²) < 4.78 is 0. The van der Waals surface area contributed by atoms with Crippen molar-refractivity contribution in [2.24, 2.45) is 5.92 Å². The van der Waals surface area contributed by atoms with Gasteiger partial charge in [-0.2, -0.15) is 0 Å². The minimum Gasteiger partial charge on any atom is -0.325 e. The number of nitrogens with one attached hydrogen (secondary N) is 2. The van der Waals surface area contributed by atoms with Crippen molar-refractivity contribution >= 4 is 44.9 Å². The summed E-state index contributed by atoms with van der Waals surface area (Å²) in [5.41, 5.74) is 4.09. The summed E-state index contributed by atoms with van der Waals surface area (Å²) in [6.45, 7) is 6.25. The zero-order valence-corrected chi connectivity index (χ0v) is 17.9. The first-order chi connectivity index (χ1) is 13.4. The first-order valence-corrected chi connectivity index (χ1v) is 11.3. The van der Waals surface area contributed by atoms with E-state index < -0.39 is 0 Å². The number of carbonyl (C=O) groups excluding carboxylic acids is 1. The van der Waals surface area contributed by atoms with Crippen molar-refractivity contribution in [2.45, 2.75) is 45.2 Å². The zero-order chi connectivity index (χ0) is 19.8. The zero-order valence-electron chi connectivity index (χ0n) is 16.2. The van der Waals surface area contributed by atoms with Crippen LogP contribution in [-0.2, 0) is 17.6 Å². The number of nitrogens with zero attached hydrogens (tertiary/aromatic N) is 1. The normalized spacial score (nSPS) is 16.2. The molecule has 1 atom stereocenters. The number of thiophene rings is 1. The summed E-state index contributed by atoms with van der Waals surface area (Å²) in [7, 11) is 0. The van der Waals surface area contributed by atoms with Gasteiger partial charge in [-0.3, -0.25) is 9.59 Å². The standard InChI is InChI=1S/C21H23N3O2S2/c1-11-5-7-15(13(3)8-11)22-17(25)10-27-21-23-19(26)18-14-6-4-12(2)9-16(14)28-20(18)24-21/h5,7-8,12H,4,6,9-10H2,1-3H3,(H,22,25)(H,23,24,26). The molecule has 0 saturated carbocycles. The van der Waals surface area contributed by atoms with Gasteiger partial charge in [0.2, 0.25) is 5.91 Å². The number of hydrogen-bond donors (Lipinski definition) is 2. The Hall–Kier alpha value is -2.12. The molecule has 0 aliphatic heterocycles. The fourth-order valence-corrected chi connectivity index (χ4v) is 5.77. The summed E-state index contributed by atoms with van der Waals surface area (Å²) in [6, 6.07) is 5.92. The van der Waals surface area contributed by atoms with Crippen LogP contribution in [-0.4, -0.2) is 21.6 Å². The van der Waals surface area contributed by atoms with Crippen LogP contribution in [0.15, 0.2) is 28.2 Å². The molecule has 2 aromatic heterocycles. The first-order valence-electron chi connectivity index (χ1n) is 9.45. The Balaban J connectivity index is 1.49. The Morgan fingerprint density at radius 1 is 1.39 bits per heavy atom. The van der Waals surface area contributed by atoms with E-state index in [2.05, 4.69) is 22.2 Å². The Labute approximate surface area is 172 Å². The van der Waals surface area contributed by atoms with E-state index in [1.165, 1.54) is 22.2 Å². The number of hydrogen-bond acceptors (Lipinski definition) is 5. The van der Waals surface area contributed by atoms with Crippen molar-refractivity contribution in [3.8, 4) is 0 Å². The van der Waals surface area contributed by atoms with Gasteiger partial charge in [0, 0.05) is 10.6 Å². The second kappa shape index (κ2) is 7.72. The number of anilines is 1. The molecule has 3 aromatic rings. The molecule has 0 bridgehead atoms. The number of aromatic amines is 1. The van der Waals surface area contributed by atoms with Crippen LogP contribution in [0.4, 0.5) is 5.69 Å². The van der Waals surface area contributed by atoms with E-state index in [1.807, 2.05) is 32.0 Å². The van der Waals surface area contributed by atoms with E-state index in [0.29, 0.717) is 11.1 Å². The Kier molecular flexibility index (Phi) is 5.29. The van der Waals surface area contributed by atoms with Gasteiger partial charge in [0.15, 0.2) is 5.16 Å². The number of H-pyrrole nitrogens is 1. The van der Waals surface area contributed by atoms with Crippen molar-refractivity contribution in [1.82, 2.24) is 9.97 Å². The van der Waals surface area contributed by atoms with Crippen molar-refractivity contribution in [3.05, 3.63) is 50.1 Å². The highest BCUT2D eigenvalue weighted by Crippen LogP contribution is 2.36. The quantitative estimate of drug-likeness (QED) is 0.489. The van der Waals surface area contributed by atoms with Gasteiger partial charge in [0.25, 0.3) is 5.56 Å². The third kappa shape index (κ3) is 3.86. The van der Waals surface area contributed by atoms with Crippen molar-refractivity contribution in [1.29, 1.82) is 0 Å². The minimum atomic E-state index is -0.112. The van der Waals surface area contributed by atoms with Gasteiger partial charge < -0.3 is 10.3 Å². The number of thioether (sulfide) groups is 1. The second-order valence-corrected chi connectivity index (χ2v) is 9.61. The molecule has 2 N–H and O–H groups in total. The number of fused-ring (bicyclic) bond motifs is 3. The number of amides is 1. The maximum atomic E-state index is 12.6. The lowest BCUT2D eigenvalue weighted by atomic mass is 9.89. The lowest BCUT2D eigenvalue weighted by Gasteiger charge is -2.17. The predicted octanol–water partition coefficient (Wildman–Crippen LogP) is 4.46. The molecule has 146 valence electrons. The molecule has 0 saturated heterocycles. The Morgan fingerprint density at radius 3 is 3.00 bits per heavy atom. The summed E-state index contributed by atoms with van der Waals surface area (Å²) in [5, 5.41) is 4.17.